The molecule has 2 aromatic carbocycles. The minimum absolute atomic E-state index is 0.0448. The standard InChI is InChI=1S/C42H48F2N10O4/c1-25-6-5-17-58-41-31(23-45-51(41)4)35-19-27(18-26(2)46-35)39(56)49-42-47-34-9-7-28(22-36(34)54(42)24-25)53-15-13-52(14-16-53)12-11-50(3)29-20-32(43)38(33(44)21-29)30-8-10-37(55)48-40(30)57/h7,9,18-23,25,30H,5-6,8,10-17,24H2,1-4H3,(H,47,49,56)(H,48,55,57)/t25-,30-/m1/s1. The van der Waals surface area contributed by atoms with Crippen LogP contribution in [0.2, 0.25) is 0 Å². The van der Waals surface area contributed by atoms with Gasteiger partial charge in [0.1, 0.15) is 11.6 Å². The summed E-state index contributed by atoms with van der Waals surface area (Å²) >= 11 is 0. The molecule has 4 aliphatic heterocycles. The van der Waals surface area contributed by atoms with Gasteiger partial charge in [0.05, 0.1) is 41.4 Å². The molecule has 2 aromatic heterocycles. The largest absolute Gasteiger partial charge is 0.477 e. The van der Waals surface area contributed by atoms with Gasteiger partial charge in [0.2, 0.25) is 23.7 Å². The van der Waals surface area contributed by atoms with Gasteiger partial charge < -0.3 is 24.8 Å². The summed E-state index contributed by atoms with van der Waals surface area (Å²) in [5.74, 6) is -2.71. The first-order valence-corrected chi connectivity index (χ1v) is 19.9. The number of ether oxygens (including phenoxy) is 1. The first-order chi connectivity index (χ1) is 27.9. The zero-order chi connectivity index (χ0) is 40.7. The van der Waals surface area contributed by atoms with Crippen molar-refractivity contribution in [2.75, 3.05) is 79.5 Å². The Labute approximate surface area is 335 Å². The molecule has 0 aliphatic carbocycles. The van der Waals surface area contributed by atoms with Gasteiger partial charge >= 0.3 is 0 Å². The number of amides is 3. The van der Waals surface area contributed by atoms with Crippen LogP contribution in [0.4, 0.5) is 31.5 Å². The second kappa shape index (κ2) is 16.2. The Bertz CT molecular complexity index is 2260. The molecule has 2 bridgehead atoms. The minimum Gasteiger partial charge on any atom is -0.477 e. The maximum absolute atomic E-state index is 15.2. The number of benzene rings is 2. The van der Waals surface area contributed by atoms with Crippen LogP contribution in [0.1, 0.15) is 60.1 Å². The molecule has 4 aromatic rings. The van der Waals surface area contributed by atoms with Gasteiger partial charge in [0.15, 0.2) is 0 Å². The van der Waals surface area contributed by atoms with Crippen LogP contribution in [0.25, 0.3) is 11.3 Å². The van der Waals surface area contributed by atoms with E-state index in [2.05, 4.69) is 54.5 Å². The first kappa shape index (κ1) is 38.9. The van der Waals surface area contributed by atoms with Crippen molar-refractivity contribution in [3.05, 3.63) is 77.1 Å². The summed E-state index contributed by atoms with van der Waals surface area (Å²) in [5, 5.41) is 10.00. The number of anilines is 4. The van der Waals surface area contributed by atoms with E-state index < -0.39 is 29.4 Å². The van der Waals surface area contributed by atoms with E-state index in [1.54, 1.807) is 30.1 Å². The van der Waals surface area contributed by atoms with Crippen LogP contribution < -0.4 is 30.1 Å². The number of halogens is 2. The number of aryl methyl sites for hydroxylation is 2. The second-order valence-electron chi connectivity index (χ2n) is 15.7. The summed E-state index contributed by atoms with van der Waals surface area (Å²) in [6.07, 6.45) is 3.58. The molecule has 0 unspecified atom stereocenters. The zero-order valence-electron chi connectivity index (χ0n) is 33.2. The summed E-state index contributed by atoms with van der Waals surface area (Å²) in [4.78, 5) is 55.6. The maximum Gasteiger partial charge on any atom is 0.280 e. The molecule has 0 spiro atoms. The number of nitrogens with zero attached hydrogens (tertiary/aromatic N) is 8. The van der Waals surface area contributed by atoms with Crippen LogP contribution >= 0.6 is 0 Å². The van der Waals surface area contributed by atoms with Crippen molar-refractivity contribution in [3.63, 3.8) is 0 Å². The molecule has 16 heteroatoms. The van der Waals surface area contributed by atoms with Crippen molar-refractivity contribution >= 4 is 46.4 Å². The number of rotatable bonds is 6. The predicted molar refractivity (Wildman–Crippen MR) is 218 cm³/mol. The molecule has 0 radical (unpaired) electrons. The number of imide groups is 1. The molecule has 0 saturated carbocycles. The minimum atomic E-state index is -1.03. The number of fused-ring (bicyclic) bond motifs is 7. The normalized spacial score (nSPS) is 21.1. The van der Waals surface area contributed by atoms with Gasteiger partial charge in [-0.3, -0.25) is 29.6 Å². The number of aliphatic imine (C=N–C) groups is 1. The van der Waals surface area contributed by atoms with E-state index in [9.17, 15) is 14.4 Å². The average Bonchev–Trinajstić information content (AvgIpc) is 3.73. The highest BCUT2D eigenvalue weighted by atomic mass is 19.1. The number of pyridine rings is 1. The van der Waals surface area contributed by atoms with E-state index in [1.807, 2.05) is 24.9 Å². The first-order valence-electron chi connectivity index (χ1n) is 19.9. The molecular formula is C42H48F2N10O4. The Morgan fingerprint density at radius 2 is 1.76 bits per heavy atom. The molecule has 14 nitrogen and oxygen atoms in total. The van der Waals surface area contributed by atoms with Crippen molar-refractivity contribution in [2.45, 2.75) is 45.4 Å². The average molecular weight is 795 g/mol. The lowest BCUT2D eigenvalue weighted by molar-refractivity contribution is -0.134. The topological polar surface area (TPSA) is 141 Å². The van der Waals surface area contributed by atoms with E-state index in [0.29, 0.717) is 60.7 Å². The Hall–Kier alpha value is -5.90. The molecule has 4 aliphatic rings. The molecule has 6 heterocycles. The Morgan fingerprint density at radius 1 is 0.983 bits per heavy atom. The Morgan fingerprint density at radius 3 is 2.52 bits per heavy atom. The number of hydrogen-bond donors (Lipinski definition) is 2. The summed E-state index contributed by atoms with van der Waals surface area (Å²) in [5.41, 5.74) is 5.47. The van der Waals surface area contributed by atoms with Crippen LogP contribution in [0.3, 0.4) is 0 Å². The number of hydrogen-bond acceptors (Lipinski definition) is 11. The van der Waals surface area contributed by atoms with Crippen molar-refractivity contribution in [1.82, 2.24) is 25.0 Å². The van der Waals surface area contributed by atoms with Crippen LogP contribution in [0.5, 0.6) is 5.88 Å². The number of aromatic nitrogens is 3. The molecule has 2 N–H and O–H groups in total. The molecule has 3 amide bonds. The van der Waals surface area contributed by atoms with Gasteiger partial charge in [-0.2, -0.15) is 10.1 Å². The van der Waals surface area contributed by atoms with Crippen molar-refractivity contribution < 1.29 is 27.9 Å². The third-order valence-electron chi connectivity index (χ3n) is 11.5. The molecule has 2 fully saturated rings. The highest BCUT2D eigenvalue weighted by molar-refractivity contribution is 6.19. The van der Waals surface area contributed by atoms with Gasteiger partial charge in [-0.1, -0.05) is 6.92 Å². The number of nitrogens with one attached hydrogen (secondary N) is 2. The van der Waals surface area contributed by atoms with Crippen molar-refractivity contribution in [3.8, 4) is 17.1 Å². The van der Waals surface area contributed by atoms with Crippen LogP contribution in [-0.2, 0) is 16.6 Å². The van der Waals surface area contributed by atoms with E-state index in [4.69, 9.17) is 9.72 Å². The highest BCUT2D eigenvalue weighted by Gasteiger charge is 2.33. The summed E-state index contributed by atoms with van der Waals surface area (Å²) < 4.78 is 38.3. The van der Waals surface area contributed by atoms with E-state index in [0.717, 1.165) is 61.6 Å². The third kappa shape index (κ3) is 7.97. The van der Waals surface area contributed by atoms with Crippen molar-refractivity contribution in [1.29, 1.82) is 0 Å². The SMILES string of the molecule is Cc1cc2cc(n1)-c1cnn(C)c1OCCC[C@@H](C)CN1/C(=N/C2=O)Nc2ccc(N3CCN(CCN(C)c4cc(F)c([C@H]5CCC(=O)NC5=O)c(F)c4)CC3)cc21. The number of guanidine groups is 1. The lowest BCUT2D eigenvalue weighted by Gasteiger charge is -2.37. The predicted octanol–water partition coefficient (Wildman–Crippen LogP) is 5.08. The summed E-state index contributed by atoms with van der Waals surface area (Å²) in [6.45, 7) is 9.66. The second-order valence-corrected chi connectivity index (χ2v) is 15.7. The number of carbonyl (C=O) groups excluding carboxylic acids is 3. The van der Waals surface area contributed by atoms with Crippen LogP contribution in [0.15, 0.2) is 53.7 Å². The third-order valence-corrected chi connectivity index (χ3v) is 11.5. The monoisotopic (exact) mass is 794 g/mol. The Kier molecular flexibility index (Phi) is 10.8. The number of piperazine rings is 1. The van der Waals surface area contributed by atoms with Gasteiger partial charge in [-0.25, -0.2) is 13.5 Å². The lowest BCUT2D eigenvalue weighted by Crippen LogP contribution is -2.48. The van der Waals surface area contributed by atoms with Gasteiger partial charge in [-0.05, 0) is 74.6 Å². The molecule has 58 heavy (non-hydrogen) atoms. The lowest BCUT2D eigenvalue weighted by atomic mass is 9.89. The molecule has 304 valence electrons. The summed E-state index contributed by atoms with van der Waals surface area (Å²) in [6, 6.07) is 12.3. The smallest absolute Gasteiger partial charge is 0.280 e. The fourth-order valence-electron chi connectivity index (χ4n) is 8.23. The maximum atomic E-state index is 15.2. The number of piperidine rings is 1. The van der Waals surface area contributed by atoms with E-state index in [1.165, 1.54) is 12.1 Å². The van der Waals surface area contributed by atoms with E-state index >= 15 is 8.78 Å². The fourth-order valence-corrected chi connectivity index (χ4v) is 8.23. The van der Waals surface area contributed by atoms with Crippen molar-refractivity contribution in [2.24, 2.45) is 18.0 Å². The number of likely N-dealkylation sites (N-methyl/N-ethyl adjacent to an activating group) is 1. The molecule has 2 saturated heterocycles. The fraction of sp³-hybridized carbons (Fsp3) is 0.429. The molecule has 8 rings (SSSR count). The zero-order valence-corrected chi connectivity index (χ0v) is 33.2. The van der Waals surface area contributed by atoms with Crippen LogP contribution in [-0.4, -0.2) is 103 Å². The highest BCUT2D eigenvalue weighted by Crippen LogP contribution is 2.38. The quantitative estimate of drug-likeness (QED) is 0.253. The van der Waals surface area contributed by atoms with Gasteiger partial charge in [0, 0.05) is 94.5 Å². The van der Waals surface area contributed by atoms with Crippen LogP contribution in [0, 0.1) is 24.5 Å². The summed E-state index contributed by atoms with van der Waals surface area (Å²) in [7, 11) is 3.63. The van der Waals surface area contributed by atoms with E-state index in [-0.39, 0.29) is 30.2 Å². The van der Waals surface area contributed by atoms with Gasteiger partial charge in [0.25, 0.3) is 5.91 Å². The number of carbonyl (C=O) groups is 3. The molecule has 2 atom stereocenters. The van der Waals surface area contributed by atoms with Gasteiger partial charge in [-0.15, -0.1) is 0 Å². The Balaban J connectivity index is 0.934. The molecular weight excluding hydrogens is 747 g/mol.